The highest BCUT2D eigenvalue weighted by Crippen LogP contribution is 2.37. The van der Waals surface area contributed by atoms with Crippen LogP contribution in [0.4, 0.5) is 0 Å². The molecule has 0 fully saturated rings. The maximum Gasteiger partial charge on any atom is 0.122 e. The van der Waals surface area contributed by atoms with Crippen LogP contribution in [0.5, 0.6) is 5.75 Å². The van der Waals surface area contributed by atoms with E-state index >= 15 is 0 Å². The smallest absolute Gasteiger partial charge is 0.122 e. The molecule has 19 heavy (non-hydrogen) atoms. The summed E-state index contributed by atoms with van der Waals surface area (Å²) >= 11 is 0. The van der Waals surface area contributed by atoms with Crippen molar-refractivity contribution in [2.45, 2.75) is 58.8 Å². The highest BCUT2D eigenvalue weighted by atomic mass is 16.5. The molecule has 1 aromatic rings. The van der Waals surface area contributed by atoms with E-state index in [1.165, 1.54) is 5.56 Å². The normalized spacial score (nSPS) is 12.2. The first-order valence-electron chi connectivity index (χ1n) is 7.12. The number of phenolic OH excluding ortho intramolecular Hbond substituents is 1. The number of hydrogen-bond acceptors (Lipinski definition) is 2. The molecule has 0 amide bonds. The molecule has 0 unspecified atom stereocenters. The molecule has 2 nitrogen and oxygen atoms in total. The Bertz CT molecular complexity index is 414. The topological polar surface area (TPSA) is 29.5 Å². The Morgan fingerprint density at radius 3 is 2.32 bits per heavy atom. The van der Waals surface area contributed by atoms with E-state index in [9.17, 15) is 5.11 Å². The summed E-state index contributed by atoms with van der Waals surface area (Å²) in [6.07, 6.45) is 2.01. The fourth-order valence-electron chi connectivity index (χ4n) is 2.30. The van der Waals surface area contributed by atoms with Crippen molar-refractivity contribution in [2.24, 2.45) is 0 Å². The van der Waals surface area contributed by atoms with E-state index in [2.05, 4.69) is 46.8 Å². The van der Waals surface area contributed by atoms with E-state index in [1.54, 1.807) is 7.11 Å². The lowest BCUT2D eigenvalue weighted by Crippen LogP contribution is -2.13. The highest BCUT2D eigenvalue weighted by molar-refractivity contribution is 5.48. The first-order chi connectivity index (χ1) is 8.77. The second-order valence-corrected chi connectivity index (χ2v) is 6.58. The van der Waals surface area contributed by atoms with Crippen LogP contribution >= 0.6 is 0 Å². The maximum absolute atomic E-state index is 10.5. The molecule has 0 saturated heterocycles. The predicted octanol–water partition coefficient (Wildman–Crippen LogP) is 4.39. The predicted molar refractivity (Wildman–Crippen MR) is 81.1 cm³/mol. The number of aryl methyl sites for hydroxylation is 1. The van der Waals surface area contributed by atoms with Gasteiger partial charge in [0.2, 0.25) is 0 Å². The third-order valence-electron chi connectivity index (χ3n) is 3.44. The fourth-order valence-corrected chi connectivity index (χ4v) is 2.30. The van der Waals surface area contributed by atoms with Crippen LogP contribution in [-0.4, -0.2) is 18.8 Å². The number of methoxy groups -OCH3 is 1. The average Bonchev–Trinajstić information content (AvgIpc) is 2.29. The van der Waals surface area contributed by atoms with Crippen LogP contribution in [0.1, 0.15) is 63.6 Å². The van der Waals surface area contributed by atoms with Crippen molar-refractivity contribution >= 4 is 0 Å². The van der Waals surface area contributed by atoms with Gasteiger partial charge in [0.15, 0.2) is 0 Å². The minimum Gasteiger partial charge on any atom is -0.507 e. The molecule has 0 saturated carbocycles. The Kier molecular flexibility index (Phi) is 5.42. The zero-order valence-electron chi connectivity index (χ0n) is 13.2. The van der Waals surface area contributed by atoms with Crippen LogP contribution in [0, 0.1) is 0 Å². The van der Waals surface area contributed by atoms with E-state index in [-0.39, 0.29) is 5.41 Å². The fraction of sp³-hybridized carbons (Fsp3) is 0.647. The SMILES string of the molecule is COCCCc1cc(C(C)C)c(O)c(C(C)(C)C)c1. The van der Waals surface area contributed by atoms with Gasteiger partial charge >= 0.3 is 0 Å². The van der Waals surface area contributed by atoms with Gasteiger partial charge in [0.1, 0.15) is 5.75 Å². The van der Waals surface area contributed by atoms with E-state index in [0.29, 0.717) is 11.7 Å². The number of aromatic hydroxyl groups is 1. The lowest BCUT2D eigenvalue weighted by molar-refractivity contribution is 0.195. The first-order valence-corrected chi connectivity index (χ1v) is 7.12. The maximum atomic E-state index is 10.5. The van der Waals surface area contributed by atoms with Crippen LogP contribution in [0.2, 0.25) is 0 Å². The van der Waals surface area contributed by atoms with Crippen LogP contribution in [0.25, 0.3) is 0 Å². The zero-order valence-corrected chi connectivity index (χ0v) is 13.2. The summed E-state index contributed by atoms with van der Waals surface area (Å²) in [5.41, 5.74) is 3.36. The minimum atomic E-state index is -0.0367. The first kappa shape index (κ1) is 16.0. The third kappa shape index (κ3) is 4.24. The molecule has 1 N–H and O–H groups in total. The Hall–Kier alpha value is -1.02. The van der Waals surface area contributed by atoms with E-state index in [0.717, 1.165) is 30.6 Å². The summed E-state index contributed by atoms with van der Waals surface area (Å²) in [5, 5.41) is 10.5. The molecule has 108 valence electrons. The van der Waals surface area contributed by atoms with Crippen LogP contribution in [-0.2, 0) is 16.6 Å². The second kappa shape index (κ2) is 6.42. The largest absolute Gasteiger partial charge is 0.507 e. The van der Waals surface area contributed by atoms with Crippen molar-refractivity contribution in [3.8, 4) is 5.75 Å². The number of rotatable bonds is 5. The Morgan fingerprint density at radius 1 is 1.21 bits per heavy atom. The van der Waals surface area contributed by atoms with Gasteiger partial charge in [-0.05, 0) is 40.9 Å². The number of phenols is 1. The van der Waals surface area contributed by atoms with Crippen molar-refractivity contribution in [2.75, 3.05) is 13.7 Å². The Balaban J connectivity index is 3.16. The monoisotopic (exact) mass is 264 g/mol. The van der Waals surface area contributed by atoms with Gasteiger partial charge in [0.25, 0.3) is 0 Å². The van der Waals surface area contributed by atoms with Gasteiger partial charge in [-0.25, -0.2) is 0 Å². The average molecular weight is 264 g/mol. The Morgan fingerprint density at radius 2 is 1.84 bits per heavy atom. The molecule has 0 aromatic heterocycles. The van der Waals surface area contributed by atoms with Crippen molar-refractivity contribution in [1.82, 2.24) is 0 Å². The quantitative estimate of drug-likeness (QED) is 0.799. The molecule has 0 radical (unpaired) electrons. The van der Waals surface area contributed by atoms with Gasteiger partial charge in [-0.3, -0.25) is 0 Å². The van der Waals surface area contributed by atoms with Gasteiger partial charge in [-0.1, -0.05) is 46.8 Å². The molecular weight excluding hydrogens is 236 g/mol. The summed E-state index contributed by atoms with van der Waals surface area (Å²) in [5.74, 6) is 0.807. The summed E-state index contributed by atoms with van der Waals surface area (Å²) in [4.78, 5) is 0. The van der Waals surface area contributed by atoms with Crippen molar-refractivity contribution in [3.63, 3.8) is 0 Å². The summed E-state index contributed by atoms with van der Waals surface area (Å²) in [6.45, 7) is 11.5. The van der Waals surface area contributed by atoms with Crippen molar-refractivity contribution in [3.05, 3.63) is 28.8 Å². The van der Waals surface area contributed by atoms with Crippen LogP contribution in [0.15, 0.2) is 12.1 Å². The summed E-state index contributed by atoms with van der Waals surface area (Å²) < 4.78 is 5.11. The highest BCUT2D eigenvalue weighted by Gasteiger charge is 2.22. The van der Waals surface area contributed by atoms with Crippen molar-refractivity contribution in [1.29, 1.82) is 0 Å². The van der Waals surface area contributed by atoms with E-state index in [1.807, 2.05) is 0 Å². The molecule has 0 aliphatic rings. The second-order valence-electron chi connectivity index (χ2n) is 6.58. The minimum absolute atomic E-state index is 0.0367. The Labute approximate surface area is 117 Å². The summed E-state index contributed by atoms with van der Waals surface area (Å²) in [7, 11) is 1.73. The molecule has 2 heteroatoms. The van der Waals surface area contributed by atoms with Crippen molar-refractivity contribution < 1.29 is 9.84 Å². The van der Waals surface area contributed by atoms with Gasteiger partial charge in [0, 0.05) is 13.7 Å². The molecule has 0 bridgehead atoms. The molecule has 0 heterocycles. The van der Waals surface area contributed by atoms with Crippen LogP contribution in [0.3, 0.4) is 0 Å². The molecule has 0 atom stereocenters. The molecule has 1 rings (SSSR count). The zero-order chi connectivity index (χ0) is 14.6. The lowest BCUT2D eigenvalue weighted by Gasteiger charge is -2.24. The van der Waals surface area contributed by atoms with Crippen LogP contribution < -0.4 is 0 Å². The molecule has 0 aliphatic heterocycles. The van der Waals surface area contributed by atoms with Gasteiger partial charge in [-0.15, -0.1) is 0 Å². The van der Waals surface area contributed by atoms with Gasteiger partial charge in [0.05, 0.1) is 0 Å². The van der Waals surface area contributed by atoms with Gasteiger partial charge in [-0.2, -0.15) is 0 Å². The molecular formula is C17H28O2. The number of benzene rings is 1. The lowest BCUT2D eigenvalue weighted by atomic mass is 9.82. The molecule has 0 aliphatic carbocycles. The van der Waals surface area contributed by atoms with E-state index in [4.69, 9.17) is 4.74 Å². The van der Waals surface area contributed by atoms with Gasteiger partial charge < -0.3 is 9.84 Å². The molecule has 0 spiro atoms. The van der Waals surface area contributed by atoms with E-state index < -0.39 is 0 Å². The number of ether oxygens (including phenoxy) is 1. The summed E-state index contributed by atoms with van der Waals surface area (Å²) in [6, 6.07) is 4.29. The molecule has 1 aromatic carbocycles. The third-order valence-corrected chi connectivity index (χ3v) is 3.44. The standard InChI is InChI=1S/C17H28O2/c1-12(2)14-10-13(8-7-9-19-6)11-15(16(14)18)17(3,4)5/h10-12,18H,7-9H2,1-6H3. The number of hydrogen-bond donors (Lipinski definition) is 1.